The predicted molar refractivity (Wildman–Crippen MR) is 88.2 cm³/mol. The molecular weight excluding hydrogens is 438 g/mol. The smallest absolute Gasteiger partial charge is 0.259 e. The molecule has 3 rings (SSSR count). The molecule has 0 unspecified atom stereocenters. The Balaban J connectivity index is 2.30. The highest BCUT2D eigenvalue weighted by molar-refractivity contribution is 14.1. The van der Waals surface area contributed by atoms with Gasteiger partial charge in [0.2, 0.25) is 0 Å². The van der Waals surface area contributed by atoms with Gasteiger partial charge in [0.25, 0.3) is 5.56 Å². The van der Waals surface area contributed by atoms with Gasteiger partial charge in [-0.1, -0.05) is 12.1 Å². The minimum absolute atomic E-state index is 0.233. The van der Waals surface area contributed by atoms with Crippen LogP contribution in [0.15, 0.2) is 45.7 Å². The average molecular weight is 445 g/mol. The van der Waals surface area contributed by atoms with E-state index in [9.17, 15) is 9.18 Å². The van der Waals surface area contributed by atoms with Gasteiger partial charge in [0, 0.05) is 8.04 Å². The van der Waals surface area contributed by atoms with Gasteiger partial charge in [0.1, 0.15) is 11.6 Å². The molecule has 3 aromatic rings. The van der Waals surface area contributed by atoms with Gasteiger partial charge in [0.05, 0.1) is 16.5 Å². The van der Waals surface area contributed by atoms with Crippen LogP contribution in [-0.4, -0.2) is 9.97 Å². The van der Waals surface area contributed by atoms with Crippen LogP contribution in [0, 0.1) is 9.39 Å². The van der Waals surface area contributed by atoms with Crippen LogP contribution in [-0.2, 0) is 0 Å². The van der Waals surface area contributed by atoms with Crippen molar-refractivity contribution < 1.29 is 4.39 Å². The lowest BCUT2D eigenvalue weighted by atomic mass is 10.2. The summed E-state index contributed by atoms with van der Waals surface area (Å²) in [6.07, 6.45) is 0. The summed E-state index contributed by atoms with van der Waals surface area (Å²) in [4.78, 5) is 19.0. The molecule has 0 fully saturated rings. The highest BCUT2D eigenvalue weighted by Crippen LogP contribution is 2.28. The fraction of sp³-hybridized carbons (Fsp3) is 0. The van der Waals surface area contributed by atoms with Crippen molar-refractivity contribution in [2.24, 2.45) is 0 Å². The Bertz CT molecular complexity index is 879. The number of nitrogens with one attached hydrogen (secondary N) is 1. The third kappa shape index (κ3) is 2.37. The third-order valence-corrected chi connectivity index (χ3v) is 5.17. The van der Waals surface area contributed by atoms with Gasteiger partial charge < -0.3 is 4.98 Å². The summed E-state index contributed by atoms with van der Waals surface area (Å²) in [6, 6.07) is 9.99. The Morgan fingerprint density at radius 3 is 2.80 bits per heavy atom. The van der Waals surface area contributed by atoms with E-state index >= 15 is 0 Å². The van der Waals surface area contributed by atoms with E-state index in [2.05, 4.69) is 48.5 Å². The van der Waals surface area contributed by atoms with Gasteiger partial charge >= 0.3 is 0 Å². The van der Waals surface area contributed by atoms with Crippen LogP contribution in [0.4, 0.5) is 4.39 Å². The van der Waals surface area contributed by atoms with E-state index < -0.39 is 5.82 Å². The number of halogens is 3. The fourth-order valence-electron chi connectivity index (χ4n) is 1.92. The number of aromatic nitrogens is 2. The molecule has 2 aromatic carbocycles. The van der Waals surface area contributed by atoms with Gasteiger partial charge in [0.15, 0.2) is 0 Å². The topological polar surface area (TPSA) is 45.8 Å². The Morgan fingerprint density at radius 1 is 1.25 bits per heavy atom. The normalized spacial score (nSPS) is 10.9. The standard InChI is InChI=1S/C14H7BrFIN2O/c15-9-6-10(16)8(5-11(9)17)13-18-12-4-2-1-3-7(12)14(20)19-13/h1-6H,(H,18,19,20). The van der Waals surface area contributed by atoms with Crippen LogP contribution in [0.2, 0.25) is 0 Å². The second-order valence-electron chi connectivity index (χ2n) is 4.18. The molecule has 6 heteroatoms. The van der Waals surface area contributed by atoms with Crippen molar-refractivity contribution >= 4 is 49.4 Å². The van der Waals surface area contributed by atoms with Crippen molar-refractivity contribution in [1.29, 1.82) is 0 Å². The molecule has 20 heavy (non-hydrogen) atoms. The number of benzene rings is 2. The number of hydrogen-bond donors (Lipinski definition) is 1. The zero-order valence-electron chi connectivity index (χ0n) is 9.95. The maximum absolute atomic E-state index is 14.1. The molecule has 1 N–H and O–H groups in total. The van der Waals surface area contributed by atoms with Crippen LogP contribution in [0.5, 0.6) is 0 Å². The lowest BCUT2D eigenvalue weighted by Gasteiger charge is -2.06. The van der Waals surface area contributed by atoms with E-state index in [1.165, 1.54) is 6.07 Å². The minimum Gasteiger partial charge on any atom is -0.306 e. The Morgan fingerprint density at radius 2 is 2.00 bits per heavy atom. The first kappa shape index (κ1) is 13.7. The van der Waals surface area contributed by atoms with Crippen molar-refractivity contribution in [3.05, 3.63) is 60.6 Å². The molecule has 0 aliphatic heterocycles. The molecule has 100 valence electrons. The zero-order valence-corrected chi connectivity index (χ0v) is 13.7. The largest absolute Gasteiger partial charge is 0.306 e. The van der Waals surface area contributed by atoms with Gasteiger partial charge in [-0.15, -0.1) is 0 Å². The number of H-pyrrole nitrogens is 1. The van der Waals surface area contributed by atoms with Crippen molar-refractivity contribution in [1.82, 2.24) is 9.97 Å². The monoisotopic (exact) mass is 444 g/mol. The summed E-state index contributed by atoms with van der Waals surface area (Å²) in [5.74, 6) is -0.202. The third-order valence-electron chi connectivity index (χ3n) is 2.88. The maximum atomic E-state index is 14.1. The van der Waals surface area contributed by atoms with Crippen molar-refractivity contribution in [3.8, 4) is 11.4 Å². The SMILES string of the molecule is O=c1[nH]c(-c2cc(I)c(Br)cc2F)nc2ccccc12. The van der Waals surface area contributed by atoms with Crippen molar-refractivity contribution in [3.63, 3.8) is 0 Å². The van der Waals surface area contributed by atoms with E-state index in [1.807, 2.05) is 0 Å². The lowest BCUT2D eigenvalue weighted by Crippen LogP contribution is -2.10. The van der Waals surface area contributed by atoms with Crippen molar-refractivity contribution in [2.75, 3.05) is 0 Å². The fourth-order valence-corrected chi connectivity index (χ4v) is 2.70. The maximum Gasteiger partial charge on any atom is 0.259 e. The van der Waals surface area contributed by atoms with E-state index in [1.54, 1.807) is 30.3 Å². The Hall–Kier alpha value is -1.28. The van der Waals surface area contributed by atoms with Crippen LogP contribution in [0.3, 0.4) is 0 Å². The second-order valence-corrected chi connectivity index (χ2v) is 6.19. The van der Waals surface area contributed by atoms with E-state index in [0.29, 0.717) is 15.4 Å². The van der Waals surface area contributed by atoms with Gasteiger partial charge in [-0.2, -0.15) is 0 Å². The average Bonchev–Trinajstić information content (AvgIpc) is 2.43. The first-order valence-corrected chi connectivity index (χ1v) is 7.57. The summed E-state index contributed by atoms with van der Waals surface area (Å²) in [6.45, 7) is 0. The Labute approximate surface area is 135 Å². The van der Waals surface area contributed by atoms with Crippen LogP contribution in [0.25, 0.3) is 22.3 Å². The molecule has 1 heterocycles. The zero-order chi connectivity index (χ0) is 14.3. The number of hydrogen-bond acceptors (Lipinski definition) is 2. The molecule has 3 nitrogen and oxygen atoms in total. The number of aromatic amines is 1. The minimum atomic E-state index is -0.435. The molecule has 0 atom stereocenters. The highest BCUT2D eigenvalue weighted by Gasteiger charge is 2.12. The molecule has 0 radical (unpaired) electrons. The van der Waals surface area contributed by atoms with Crippen LogP contribution in [0.1, 0.15) is 0 Å². The van der Waals surface area contributed by atoms with Crippen molar-refractivity contribution in [2.45, 2.75) is 0 Å². The lowest BCUT2D eigenvalue weighted by molar-refractivity contribution is 0.628. The van der Waals surface area contributed by atoms with Gasteiger partial charge in [-0.3, -0.25) is 4.79 Å². The summed E-state index contributed by atoms with van der Waals surface area (Å²) < 4.78 is 15.6. The molecule has 0 spiro atoms. The van der Waals surface area contributed by atoms with Gasteiger partial charge in [-0.25, -0.2) is 9.37 Å². The first-order valence-electron chi connectivity index (χ1n) is 5.70. The van der Waals surface area contributed by atoms with Gasteiger partial charge in [-0.05, 0) is 62.8 Å². The number of para-hydroxylation sites is 1. The summed E-state index contributed by atoms with van der Waals surface area (Å²) in [5, 5.41) is 0.489. The number of fused-ring (bicyclic) bond motifs is 1. The predicted octanol–water partition coefficient (Wildman–Crippen LogP) is 4.10. The molecule has 0 aliphatic carbocycles. The van der Waals surface area contributed by atoms with E-state index in [4.69, 9.17) is 0 Å². The molecule has 0 saturated heterocycles. The second kappa shape index (κ2) is 5.25. The van der Waals surface area contributed by atoms with Crippen LogP contribution >= 0.6 is 38.5 Å². The molecular formula is C14H7BrFIN2O. The number of rotatable bonds is 1. The summed E-state index contributed by atoms with van der Waals surface area (Å²) >= 11 is 5.35. The molecule has 0 saturated carbocycles. The summed E-state index contributed by atoms with van der Waals surface area (Å²) in [5.41, 5.74) is 0.548. The molecule has 0 bridgehead atoms. The molecule has 0 amide bonds. The molecule has 0 aliphatic rings. The Kier molecular flexibility index (Phi) is 3.59. The van der Waals surface area contributed by atoms with E-state index in [-0.39, 0.29) is 16.9 Å². The molecule has 1 aromatic heterocycles. The first-order chi connectivity index (χ1) is 9.56. The summed E-state index contributed by atoms with van der Waals surface area (Å²) in [7, 11) is 0. The number of nitrogens with zero attached hydrogens (tertiary/aromatic N) is 1. The van der Waals surface area contributed by atoms with Crippen LogP contribution < -0.4 is 5.56 Å². The van der Waals surface area contributed by atoms with E-state index in [0.717, 1.165) is 3.57 Å². The highest BCUT2D eigenvalue weighted by atomic mass is 127. The quantitative estimate of drug-likeness (QED) is 0.453.